The number of aliphatic carboxylic acids is 1. The van der Waals surface area contributed by atoms with Gasteiger partial charge in [-0.3, -0.25) is 4.79 Å². The summed E-state index contributed by atoms with van der Waals surface area (Å²) in [5.74, 6) is -2.29. The van der Waals surface area contributed by atoms with Crippen LogP contribution in [0, 0.1) is 5.92 Å². The molecule has 0 radical (unpaired) electrons. The summed E-state index contributed by atoms with van der Waals surface area (Å²) in [6, 6.07) is 11.4. The van der Waals surface area contributed by atoms with Crippen molar-refractivity contribution >= 4 is 11.9 Å². The van der Waals surface area contributed by atoms with Crippen molar-refractivity contribution in [1.82, 2.24) is 20.4 Å². The lowest BCUT2D eigenvalue weighted by Gasteiger charge is -2.37. The van der Waals surface area contributed by atoms with Gasteiger partial charge in [-0.15, -0.1) is 10.2 Å². The second-order valence-corrected chi connectivity index (χ2v) is 8.95. The van der Waals surface area contributed by atoms with Gasteiger partial charge in [-0.05, 0) is 68.8 Å². The molecular weight excluding hydrogens is 465 g/mol. The van der Waals surface area contributed by atoms with Crippen LogP contribution in [0.1, 0.15) is 48.2 Å². The lowest BCUT2D eigenvalue weighted by atomic mass is 9.75. The van der Waals surface area contributed by atoms with Crippen LogP contribution in [0.15, 0.2) is 36.4 Å². The molecule has 0 bridgehead atoms. The van der Waals surface area contributed by atoms with Crippen LogP contribution in [-0.4, -0.2) is 70.0 Å². The summed E-state index contributed by atoms with van der Waals surface area (Å²) >= 11 is 0. The first-order valence-corrected chi connectivity index (χ1v) is 11.4. The second-order valence-electron chi connectivity index (χ2n) is 8.95. The molecule has 3 N–H and O–H groups in total. The summed E-state index contributed by atoms with van der Waals surface area (Å²) < 4.78 is 31.7. The van der Waals surface area contributed by atoms with Crippen molar-refractivity contribution in [3.05, 3.63) is 47.7 Å². The van der Waals surface area contributed by atoms with Gasteiger partial charge < -0.3 is 20.4 Å². The average Bonchev–Trinajstić information content (AvgIpc) is 2.83. The van der Waals surface area contributed by atoms with E-state index in [0.717, 1.165) is 68.6 Å². The third-order valence-corrected chi connectivity index (χ3v) is 6.36. The zero-order chi connectivity index (χ0) is 25.6. The Morgan fingerprint density at radius 3 is 2.14 bits per heavy atom. The molecule has 11 heteroatoms. The predicted octanol–water partition coefficient (Wildman–Crippen LogP) is 3.22. The van der Waals surface area contributed by atoms with E-state index in [1.54, 1.807) is 11.0 Å². The number of aromatic nitrogens is 2. The number of piperidine rings is 1. The first kappa shape index (κ1) is 26.6. The van der Waals surface area contributed by atoms with Crippen molar-refractivity contribution in [3.8, 4) is 11.3 Å². The summed E-state index contributed by atoms with van der Waals surface area (Å²) in [5.41, 5.74) is 2.34. The number of rotatable bonds is 5. The van der Waals surface area contributed by atoms with E-state index in [0.29, 0.717) is 11.6 Å². The van der Waals surface area contributed by atoms with Gasteiger partial charge in [0.2, 0.25) is 0 Å². The van der Waals surface area contributed by atoms with Crippen LogP contribution in [0.2, 0.25) is 0 Å². The predicted molar refractivity (Wildman–Crippen MR) is 121 cm³/mol. The van der Waals surface area contributed by atoms with Crippen LogP contribution in [0.5, 0.6) is 0 Å². The molecule has 8 nitrogen and oxygen atoms in total. The summed E-state index contributed by atoms with van der Waals surface area (Å²) in [7, 11) is 1.84. The lowest BCUT2D eigenvalue weighted by molar-refractivity contribution is -0.192. The van der Waals surface area contributed by atoms with Crippen LogP contribution < -0.4 is 5.32 Å². The van der Waals surface area contributed by atoms with E-state index in [1.165, 1.54) is 0 Å². The molecule has 1 aliphatic heterocycles. The molecule has 2 fully saturated rings. The van der Waals surface area contributed by atoms with Gasteiger partial charge in [0.05, 0.1) is 11.3 Å². The zero-order valence-corrected chi connectivity index (χ0v) is 19.4. The Bertz CT molecular complexity index is 1000. The van der Waals surface area contributed by atoms with Gasteiger partial charge in [-0.1, -0.05) is 24.3 Å². The fourth-order valence-electron chi connectivity index (χ4n) is 4.08. The summed E-state index contributed by atoms with van der Waals surface area (Å²) in [6.07, 6.45) is -0.145. The van der Waals surface area contributed by atoms with Gasteiger partial charge in [0, 0.05) is 19.2 Å². The molecule has 2 aromatic rings. The topological polar surface area (TPSA) is 116 Å². The van der Waals surface area contributed by atoms with Gasteiger partial charge in [0.15, 0.2) is 5.69 Å². The zero-order valence-electron chi connectivity index (χ0n) is 19.4. The molecule has 1 aliphatic carbocycles. The number of aliphatic hydroxyl groups is 1. The molecule has 1 aromatic heterocycles. The highest BCUT2D eigenvalue weighted by molar-refractivity contribution is 5.92. The van der Waals surface area contributed by atoms with Crippen LogP contribution in [-0.2, 0) is 10.4 Å². The molecule has 190 valence electrons. The Morgan fingerprint density at radius 1 is 1.09 bits per heavy atom. The Morgan fingerprint density at radius 2 is 1.69 bits per heavy atom. The highest BCUT2D eigenvalue weighted by Crippen LogP contribution is 2.41. The number of amides is 1. The molecular formula is C24H29F3N4O4. The second kappa shape index (κ2) is 11.1. The number of carboxylic acids is 1. The first-order valence-electron chi connectivity index (χ1n) is 11.4. The van der Waals surface area contributed by atoms with Crippen LogP contribution in [0.4, 0.5) is 13.2 Å². The van der Waals surface area contributed by atoms with Crippen LogP contribution in [0.3, 0.4) is 0 Å². The number of alkyl halides is 3. The Balaban J connectivity index is 0.000000429. The number of nitrogens with zero attached hydrogens (tertiary/aromatic N) is 3. The number of hydrogen-bond donors (Lipinski definition) is 3. The molecule has 2 aliphatic rings. The van der Waals surface area contributed by atoms with Gasteiger partial charge in [-0.25, -0.2) is 4.79 Å². The molecule has 0 spiro atoms. The van der Waals surface area contributed by atoms with E-state index in [4.69, 9.17) is 9.90 Å². The quantitative estimate of drug-likeness (QED) is 0.585. The minimum Gasteiger partial charge on any atom is -0.475 e. The van der Waals surface area contributed by atoms with Gasteiger partial charge in [-0.2, -0.15) is 13.2 Å². The molecule has 0 unspecified atom stereocenters. The largest absolute Gasteiger partial charge is 0.490 e. The van der Waals surface area contributed by atoms with E-state index in [2.05, 4.69) is 15.5 Å². The van der Waals surface area contributed by atoms with E-state index in [9.17, 15) is 23.1 Å². The van der Waals surface area contributed by atoms with E-state index < -0.39 is 17.7 Å². The fraction of sp³-hybridized carbons (Fsp3) is 0.500. The minimum atomic E-state index is -5.08. The molecule has 0 atom stereocenters. The lowest BCUT2D eigenvalue weighted by Crippen LogP contribution is -2.37. The standard InChI is InChI=1S/C22H28N4O2.C2HF3O2/c1-26(15-16-9-13-23-14-10-16)21(27)20-8-7-19(24-25-20)17-3-5-18(6-4-17)22(28)11-2-12-22;3-2(4,5)1(6)7/h3-8,16,23,28H,2,9-15H2,1H3;(H,6,7). The number of carbonyl (C=O) groups is 2. The van der Waals surface area contributed by atoms with Crippen molar-refractivity contribution in [2.24, 2.45) is 5.92 Å². The van der Waals surface area contributed by atoms with E-state index >= 15 is 0 Å². The minimum absolute atomic E-state index is 0.0832. The van der Waals surface area contributed by atoms with Crippen molar-refractivity contribution < 1.29 is 33.0 Å². The molecule has 35 heavy (non-hydrogen) atoms. The SMILES string of the molecule is CN(CC1CCNCC1)C(=O)c1ccc(-c2ccc(C3(O)CCC3)cc2)nn1.O=C(O)C(F)(F)F. The van der Waals surface area contributed by atoms with Gasteiger partial charge >= 0.3 is 12.1 Å². The molecule has 4 rings (SSSR count). The average molecular weight is 495 g/mol. The molecule has 1 amide bonds. The smallest absolute Gasteiger partial charge is 0.475 e. The number of halogens is 3. The normalized spacial score (nSPS) is 17.5. The fourth-order valence-corrected chi connectivity index (χ4v) is 4.08. The number of hydrogen-bond acceptors (Lipinski definition) is 6. The van der Waals surface area contributed by atoms with Gasteiger partial charge in [0.25, 0.3) is 5.91 Å². The number of benzene rings is 1. The number of carboxylic acid groups (broad SMARTS) is 1. The van der Waals surface area contributed by atoms with Crippen molar-refractivity contribution in [1.29, 1.82) is 0 Å². The summed E-state index contributed by atoms with van der Waals surface area (Å²) in [4.78, 5) is 23.3. The highest BCUT2D eigenvalue weighted by atomic mass is 19.4. The first-order chi connectivity index (χ1) is 16.5. The maximum absolute atomic E-state index is 12.6. The number of carbonyl (C=O) groups excluding carboxylic acids is 1. The maximum atomic E-state index is 12.6. The van der Waals surface area contributed by atoms with E-state index in [-0.39, 0.29) is 5.91 Å². The molecule has 1 saturated heterocycles. The van der Waals surface area contributed by atoms with Crippen LogP contribution >= 0.6 is 0 Å². The molecule has 2 heterocycles. The van der Waals surface area contributed by atoms with Crippen LogP contribution in [0.25, 0.3) is 11.3 Å². The Labute approximate surface area is 201 Å². The van der Waals surface area contributed by atoms with Crippen molar-refractivity contribution in [2.45, 2.75) is 43.9 Å². The Kier molecular flexibility index (Phi) is 8.44. The monoisotopic (exact) mass is 494 g/mol. The number of nitrogens with one attached hydrogen (secondary N) is 1. The molecule has 1 saturated carbocycles. The van der Waals surface area contributed by atoms with E-state index in [1.807, 2.05) is 37.4 Å². The third kappa shape index (κ3) is 6.98. The summed E-state index contributed by atoms with van der Waals surface area (Å²) in [6.45, 7) is 2.81. The molecule has 1 aromatic carbocycles. The third-order valence-electron chi connectivity index (χ3n) is 6.36. The summed E-state index contributed by atoms with van der Waals surface area (Å²) in [5, 5.41) is 29.3. The van der Waals surface area contributed by atoms with Crippen molar-refractivity contribution in [2.75, 3.05) is 26.7 Å². The highest BCUT2D eigenvalue weighted by Gasteiger charge is 2.38. The van der Waals surface area contributed by atoms with Crippen molar-refractivity contribution in [3.63, 3.8) is 0 Å². The maximum Gasteiger partial charge on any atom is 0.490 e. The Hall–Kier alpha value is -3.05. The van der Waals surface area contributed by atoms with Gasteiger partial charge in [0.1, 0.15) is 0 Å².